The van der Waals surface area contributed by atoms with E-state index in [0.29, 0.717) is 6.04 Å². The predicted molar refractivity (Wildman–Crippen MR) is 93.2 cm³/mol. The van der Waals surface area contributed by atoms with Crippen molar-refractivity contribution in [2.75, 3.05) is 47.3 Å². The lowest BCUT2D eigenvalue weighted by Gasteiger charge is -2.24. The topological polar surface area (TPSA) is 18.5 Å². The largest absolute Gasteiger partial charge is 0.310 e. The van der Waals surface area contributed by atoms with Gasteiger partial charge in [0.2, 0.25) is 0 Å². The van der Waals surface area contributed by atoms with Gasteiger partial charge in [-0.25, -0.2) is 0 Å². The molecule has 4 heteroatoms. The number of likely N-dealkylation sites (N-methyl/N-ethyl adjacent to an activating group) is 2. The summed E-state index contributed by atoms with van der Waals surface area (Å²) in [5.74, 6) is 0. The molecule has 0 amide bonds. The predicted octanol–water partition coefficient (Wildman–Crippen LogP) is 3.26. The van der Waals surface area contributed by atoms with E-state index in [1.807, 2.05) is 12.1 Å². The molecule has 3 nitrogen and oxygen atoms in total. The zero-order chi connectivity index (χ0) is 15.7. The lowest BCUT2D eigenvalue weighted by Crippen LogP contribution is -2.32. The number of hydrogen-bond acceptors (Lipinski definition) is 3. The van der Waals surface area contributed by atoms with E-state index in [1.54, 1.807) is 0 Å². The fraction of sp³-hybridized carbons (Fsp3) is 0.647. The van der Waals surface area contributed by atoms with Gasteiger partial charge in [0.25, 0.3) is 0 Å². The van der Waals surface area contributed by atoms with Crippen molar-refractivity contribution >= 4 is 11.6 Å². The molecule has 0 fully saturated rings. The molecule has 0 saturated heterocycles. The van der Waals surface area contributed by atoms with Gasteiger partial charge in [-0.2, -0.15) is 0 Å². The van der Waals surface area contributed by atoms with E-state index >= 15 is 0 Å². The molecule has 1 atom stereocenters. The maximum absolute atomic E-state index is 6.36. The molecule has 0 aliphatic carbocycles. The van der Waals surface area contributed by atoms with Crippen LogP contribution in [0.1, 0.15) is 31.4 Å². The monoisotopic (exact) mass is 311 g/mol. The zero-order valence-corrected chi connectivity index (χ0v) is 14.7. The van der Waals surface area contributed by atoms with Crippen molar-refractivity contribution < 1.29 is 0 Å². The molecule has 0 aromatic heterocycles. The lowest BCUT2D eigenvalue weighted by atomic mass is 10.0. The minimum atomic E-state index is 0.334. The highest BCUT2D eigenvalue weighted by Gasteiger charge is 2.14. The van der Waals surface area contributed by atoms with Gasteiger partial charge in [-0.05, 0) is 58.7 Å². The Bertz CT molecular complexity index is 395. The molecular weight excluding hydrogens is 282 g/mol. The molecule has 120 valence electrons. The van der Waals surface area contributed by atoms with E-state index in [2.05, 4.69) is 55.3 Å². The molecule has 0 aliphatic rings. The zero-order valence-electron chi connectivity index (χ0n) is 13.9. The fourth-order valence-corrected chi connectivity index (χ4v) is 2.54. The van der Waals surface area contributed by atoms with E-state index in [9.17, 15) is 0 Å². The van der Waals surface area contributed by atoms with Crippen molar-refractivity contribution in [2.45, 2.75) is 25.8 Å². The minimum Gasteiger partial charge on any atom is -0.310 e. The summed E-state index contributed by atoms with van der Waals surface area (Å²) in [4.78, 5) is 4.61. The highest BCUT2D eigenvalue weighted by atomic mass is 35.5. The van der Waals surface area contributed by atoms with Crippen molar-refractivity contribution in [3.8, 4) is 0 Å². The first-order chi connectivity index (χ1) is 10.0. The summed E-state index contributed by atoms with van der Waals surface area (Å²) in [5.41, 5.74) is 1.22. The van der Waals surface area contributed by atoms with Crippen LogP contribution in [0.25, 0.3) is 0 Å². The average molecular weight is 312 g/mol. The third kappa shape index (κ3) is 7.28. The second-order valence-electron chi connectivity index (χ2n) is 5.92. The molecule has 0 saturated carbocycles. The number of hydrogen-bond donors (Lipinski definition) is 1. The molecule has 1 aromatic rings. The Morgan fingerprint density at radius 3 is 2.43 bits per heavy atom. The van der Waals surface area contributed by atoms with Crippen molar-refractivity contribution in [1.29, 1.82) is 0 Å². The summed E-state index contributed by atoms with van der Waals surface area (Å²) in [6, 6.07) is 8.51. The summed E-state index contributed by atoms with van der Waals surface area (Å²) in [5, 5.41) is 4.49. The highest BCUT2D eigenvalue weighted by Crippen LogP contribution is 2.25. The first-order valence-corrected chi connectivity index (χ1v) is 8.23. The first-order valence-electron chi connectivity index (χ1n) is 7.85. The standard InChI is InChI=1S/C17H30ClN3/c1-5-11-19-17(15-8-6-7-9-16(15)18)10-12-21(4)14-13-20(2)3/h6-9,17,19H,5,10-14H2,1-4H3. The van der Waals surface area contributed by atoms with Gasteiger partial charge in [0.05, 0.1) is 0 Å². The van der Waals surface area contributed by atoms with Crippen LogP contribution in [0.2, 0.25) is 5.02 Å². The van der Waals surface area contributed by atoms with Crippen LogP contribution in [0.5, 0.6) is 0 Å². The van der Waals surface area contributed by atoms with Crippen molar-refractivity contribution in [2.24, 2.45) is 0 Å². The summed E-state index contributed by atoms with van der Waals surface area (Å²) >= 11 is 6.36. The fourth-order valence-electron chi connectivity index (χ4n) is 2.28. The van der Waals surface area contributed by atoms with E-state index in [4.69, 9.17) is 11.6 Å². The van der Waals surface area contributed by atoms with Gasteiger partial charge in [-0.1, -0.05) is 36.7 Å². The van der Waals surface area contributed by atoms with Crippen LogP contribution in [0.3, 0.4) is 0 Å². The summed E-state index contributed by atoms with van der Waals surface area (Å²) < 4.78 is 0. The Hall–Kier alpha value is -0.610. The number of rotatable bonds is 10. The van der Waals surface area contributed by atoms with E-state index in [0.717, 1.165) is 44.0 Å². The van der Waals surface area contributed by atoms with Crippen molar-refractivity contribution in [3.63, 3.8) is 0 Å². The Balaban J connectivity index is 2.56. The van der Waals surface area contributed by atoms with Gasteiger partial charge >= 0.3 is 0 Å². The van der Waals surface area contributed by atoms with Crippen LogP contribution < -0.4 is 5.32 Å². The summed E-state index contributed by atoms with van der Waals surface area (Å²) in [6.07, 6.45) is 2.21. The van der Waals surface area contributed by atoms with Gasteiger partial charge in [-0.3, -0.25) is 0 Å². The smallest absolute Gasteiger partial charge is 0.0453 e. The summed E-state index contributed by atoms with van der Waals surface area (Å²) in [6.45, 7) is 6.48. The minimum absolute atomic E-state index is 0.334. The van der Waals surface area contributed by atoms with E-state index in [-0.39, 0.29) is 0 Å². The maximum Gasteiger partial charge on any atom is 0.0453 e. The van der Waals surface area contributed by atoms with Gasteiger partial charge < -0.3 is 15.1 Å². The van der Waals surface area contributed by atoms with Crippen LogP contribution >= 0.6 is 11.6 Å². The van der Waals surface area contributed by atoms with Gasteiger partial charge in [0.15, 0.2) is 0 Å². The SMILES string of the molecule is CCCNC(CCN(C)CCN(C)C)c1ccccc1Cl. The Morgan fingerprint density at radius 2 is 1.81 bits per heavy atom. The lowest BCUT2D eigenvalue weighted by molar-refractivity contribution is 0.268. The van der Waals surface area contributed by atoms with Gasteiger partial charge in [0.1, 0.15) is 0 Å². The third-order valence-corrected chi connectivity index (χ3v) is 3.99. The number of nitrogens with zero attached hydrogens (tertiary/aromatic N) is 2. The highest BCUT2D eigenvalue weighted by molar-refractivity contribution is 6.31. The third-order valence-electron chi connectivity index (χ3n) is 3.65. The van der Waals surface area contributed by atoms with Crippen molar-refractivity contribution in [3.05, 3.63) is 34.9 Å². The van der Waals surface area contributed by atoms with Crippen LogP contribution in [0.4, 0.5) is 0 Å². The van der Waals surface area contributed by atoms with Gasteiger partial charge in [0, 0.05) is 24.2 Å². The Morgan fingerprint density at radius 1 is 1.10 bits per heavy atom. The molecule has 1 aromatic carbocycles. The van der Waals surface area contributed by atoms with E-state index < -0.39 is 0 Å². The normalized spacial score (nSPS) is 13.1. The molecule has 0 radical (unpaired) electrons. The van der Waals surface area contributed by atoms with Crippen LogP contribution in [0.15, 0.2) is 24.3 Å². The number of benzene rings is 1. The molecular formula is C17H30ClN3. The molecule has 0 heterocycles. The van der Waals surface area contributed by atoms with Crippen LogP contribution in [-0.2, 0) is 0 Å². The van der Waals surface area contributed by atoms with Gasteiger partial charge in [-0.15, -0.1) is 0 Å². The van der Waals surface area contributed by atoms with Crippen molar-refractivity contribution in [1.82, 2.24) is 15.1 Å². The van der Waals surface area contributed by atoms with Crippen LogP contribution in [-0.4, -0.2) is 57.1 Å². The summed E-state index contributed by atoms with van der Waals surface area (Å²) in [7, 11) is 6.42. The number of halogens is 1. The molecule has 0 bridgehead atoms. The molecule has 1 N–H and O–H groups in total. The second kappa shape index (κ2) is 10.2. The Labute approximate surface area is 135 Å². The Kier molecular flexibility index (Phi) is 8.93. The first kappa shape index (κ1) is 18.4. The number of nitrogens with one attached hydrogen (secondary N) is 1. The molecule has 0 aliphatic heterocycles. The second-order valence-corrected chi connectivity index (χ2v) is 6.33. The molecule has 0 spiro atoms. The average Bonchev–Trinajstić information content (AvgIpc) is 2.46. The molecule has 1 unspecified atom stereocenters. The quantitative estimate of drug-likeness (QED) is 0.715. The maximum atomic E-state index is 6.36. The van der Waals surface area contributed by atoms with E-state index in [1.165, 1.54) is 5.56 Å². The molecule has 21 heavy (non-hydrogen) atoms. The van der Waals surface area contributed by atoms with Crippen LogP contribution in [0, 0.1) is 0 Å². The molecule has 1 rings (SSSR count).